The number of nitrogens with one attached hydrogen (secondary N) is 1. The maximum absolute atomic E-state index is 6.32. The van der Waals surface area contributed by atoms with Crippen molar-refractivity contribution in [2.45, 2.75) is 95.4 Å². The Labute approximate surface area is 286 Å². The van der Waals surface area contributed by atoms with Crippen LogP contribution in [0, 0.1) is 0 Å². The first kappa shape index (κ1) is 33.8. The highest BCUT2D eigenvalue weighted by Gasteiger charge is 2.50. The van der Waals surface area contributed by atoms with E-state index in [1.165, 1.54) is 5.56 Å². The number of aryl methyl sites for hydroxylation is 2. The Morgan fingerprint density at radius 1 is 0.688 bits per heavy atom. The van der Waals surface area contributed by atoms with E-state index in [4.69, 9.17) is 14.4 Å². The maximum atomic E-state index is 6.32. The number of unbranched alkanes of at least 4 members (excludes halogenated alkanes) is 1. The van der Waals surface area contributed by atoms with Crippen molar-refractivity contribution in [3.8, 4) is 0 Å². The minimum absolute atomic E-state index is 0.143. The first-order valence-electron chi connectivity index (χ1n) is 17.4. The molecule has 1 fully saturated rings. The lowest BCUT2D eigenvalue weighted by atomic mass is 9.76. The number of rotatable bonds is 15. The van der Waals surface area contributed by atoms with Crippen LogP contribution in [-0.2, 0) is 27.8 Å². The summed E-state index contributed by atoms with van der Waals surface area (Å²) in [5.74, 6) is 0.853. The third-order valence-corrected chi connectivity index (χ3v) is 10.0. The molecule has 1 aromatic heterocycles. The second-order valence-electron chi connectivity index (χ2n) is 13.9. The molecule has 0 bridgehead atoms. The van der Waals surface area contributed by atoms with Crippen LogP contribution in [0.25, 0.3) is 0 Å². The Kier molecular flexibility index (Phi) is 10.5. The average Bonchev–Trinajstić information content (AvgIpc) is 3.66. The smallest absolute Gasteiger partial charge is 0.403 e. The summed E-state index contributed by atoms with van der Waals surface area (Å²) in [4.78, 5) is 0. The van der Waals surface area contributed by atoms with E-state index >= 15 is 0 Å². The summed E-state index contributed by atoms with van der Waals surface area (Å²) in [6, 6.07) is 42.7. The van der Waals surface area contributed by atoms with Gasteiger partial charge in [-0.1, -0.05) is 134 Å². The van der Waals surface area contributed by atoms with Crippen molar-refractivity contribution in [1.29, 1.82) is 0 Å². The fourth-order valence-corrected chi connectivity index (χ4v) is 6.78. The van der Waals surface area contributed by atoms with E-state index in [0.717, 1.165) is 67.5 Å². The second-order valence-corrected chi connectivity index (χ2v) is 13.9. The Morgan fingerprint density at radius 3 is 1.71 bits per heavy atom. The highest BCUT2D eigenvalue weighted by Crippen LogP contribution is 2.41. The van der Waals surface area contributed by atoms with Crippen molar-refractivity contribution in [2.24, 2.45) is 0 Å². The Balaban J connectivity index is 1.32. The molecule has 0 saturated carbocycles. The second kappa shape index (κ2) is 15.0. The van der Waals surface area contributed by atoms with Crippen LogP contribution in [0.5, 0.6) is 0 Å². The summed E-state index contributed by atoms with van der Waals surface area (Å²) in [6.07, 6.45) is 5.49. The van der Waals surface area contributed by atoms with Gasteiger partial charge < -0.3 is 9.31 Å². The van der Waals surface area contributed by atoms with Crippen LogP contribution in [0.15, 0.2) is 121 Å². The van der Waals surface area contributed by atoms with Crippen LogP contribution >= 0.6 is 0 Å². The Bertz CT molecular complexity index is 1580. The van der Waals surface area contributed by atoms with Crippen LogP contribution in [0.1, 0.15) is 87.5 Å². The normalized spacial score (nSPS) is 16.2. The van der Waals surface area contributed by atoms with Crippen molar-refractivity contribution in [1.82, 2.24) is 25.5 Å². The van der Waals surface area contributed by atoms with Crippen molar-refractivity contribution in [2.75, 3.05) is 0 Å². The minimum atomic E-state index is -0.652. The van der Waals surface area contributed by atoms with Gasteiger partial charge in [0.25, 0.3) is 0 Å². The molecular weight excluding hydrogens is 593 g/mol. The summed E-state index contributed by atoms with van der Waals surface area (Å²) >= 11 is 0. The summed E-state index contributed by atoms with van der Waals surface area (Å²) in [5.41, 5.74) is 3.49. The molecule has 48 heavy (non-hydrogen) atoms. The van der Waals surface area contributed by atoms with Gasteiger partial charge in [0.05, 0.1) is 22.8 Å². The van der Waals surface area contributed by atoms with Gasteiger partial charge in [-0.15, -0.1) is 5.10 Å². The molecule has 0 spiro atoms. The van der Waals surface area contributed by atoms with Gasteiger partial charge in [-0.2, -0.15) is 0 Å². The summed E-state index contributed by atoms with van der Waals surface area (Å²) in [6.45, 7) is 9.18. The molecule has 0 radical (unpaired) electrons. The molecule has 0 amide bonds. The topological polar surface area (TPSA) is 74.1 Å². The predicted molar refractivity (Wildman–Crippen MR) is 192 cm³/mol. The molecule has 248 valence electrons. The van der Waals surface area contributed by atoms with Crippen molar-refractivity contribution in [3.63, 3.8) is 0 Å². The summed E-state index contributed by atoms with van der Waals surface area (Å²) in [7, 11) is -0.207. The predicted octanol–water partition coefficient (Wildman–Crippen LogP) is 8.19. The molecular formula is C40H48BN5O2. The van der Waals surface area contributed by atoms with Crippen LogP contribution < -0.4 is 5.32 Å². The Morgan fingerprint density at radius 2 is 1.19 bits per heavy atom. The van der Waals surface area contributed by atoms with Crippen LogP contribution in [0.3, 0.4) is 0 Å². The number of nitrogens with zero attached hydrogens (tertiary/aromatic N) is 4. The summed E-state index contributed by atoms with van der Waals surface area (Å²) < 4.78 is 14.6. The molecule has 5 aromatic rings. The third-order valence-electron chi connectivity index (χ3n) is 10.0. The third kappa shape index (κ3) is 7.46. The van der Waals surface area contributed by atoms with Gasteiger partial charge in [0.15, 0.2) is 5.82 Å². The zero-order valence-electron chi connectivity index (χ0n) is 28.8. The first-order chi connectivity index (χ1) is 23.3. The minimum Gasteiger partial charge on any atom is -0.403 e. The largest absolute Gasteiger partial charge is 0.457 e. The molecule has 6 rings (SSSR count). The van der Waals surface area contributed by atoms with Gasteiger partial charge in [0.1, 0.15) is 0 Å². The molecule has 4 aromatic carbocycles. The number of aromatic nitrogens is 4. The zero-order chi connectivity index (χ0) is 33.5. The quantitative estimate of drug-likeness (QED) is 0.0706. The first-order valence-corrected chi connectivity index (χ1v) is 17.4. The Hall–Kier alpha value is -4.11. The lowest BCUT2D eigenvalue weighted by molar-refractivity contribution is 0.00578. The van der Waals surface area contributed by atoms with Crippen molar-refractivity contribution in [3.05, 3.63) is 149 Å². The van der Waals surface area contributed by atoms with Gasteiger partial charge in [-0.3, -0.25) is 5.32 Å². The molecule has 0 aliphatic carbocycles. The van der Waals surface area contributed by atoms with Gasteiger partial charge in [0, 0.05) is 6.54 Å². The highest BCUT2D eigenvalue weighted by molar-refractivity contribution is 6.45. The van der Waals surface area contributed by atoms with Gasteiger partial charge >= 0.3 is 7.12 Å². The molecule has 2 heterocycles. The van der Waals surface area contributed by atoms with E-state index in [2.05, 4.69) is 165 Å². The number of benzene rings is 4. The molecule has 1 atom stereocenters. The number of hydrogen-bond donors (Lipinski definition) is 1. The molecule has 7 nitrogen and oxygen atoms in total. The number of tetrazole rings is 1. The van der Waals surface area contributed by atoms with E-state index < -0.39 is 5.54 Å². The molecule has 1 N–H and O–H groups in total. The maximum Gasteiger partial charge on any atom is 0.457 e. The monoisotopic (exact) mass is 641 g/mol. The summed E-state index contributed by atoms with van der Waals surface area (Å²) in [5, 5.41) is 17.6. The van der Waals surface area contributed by atoms with Gasteiger partial charge in [-0.25, -0.2) is 4.68 Å². The lowest BCUT2D eigenvalue weighted by Crippen LogP contribution is -2.47. The standard InChI is InChI=1S/C40H48BN5O2/c1-38(2)39(3,4)48-41(47-38)30-18-17-29-36(37-43-44-45-46(37)31-19-22-32-20-9-5-10-21-32)42-40(33-23-11-6-12-24-33,34-25-13-7-14-26-34)35-27-15-8-16-28-35/h5-16,20-21,23-28,36,42H,17-19,22,29-31H2,1-4H3. The van der Waals surface area contributed by atoms with E-state index in [9.17, 15) is 0 Å². The number of hydrogen-bond acceptors (Lipinski definition) is 6. The van der Waals surface area contributed by atoms with Crippen LogP contribution in [0.2, 0.25) is 6.32 Å². The fourth-order valence-electron chi connectivity index (χ4n) is 6.78. The van der Waals surface area contributed by atoms with Gasteiger partial charge in [-0.05, 0) is 86.0 Å². The molecule has 8 heteroatoms. The molecule has 1 unspecified atom stereocenters. The highest BCUT2D eigenvalue weighted by atomic mass is 16.7. The average molecular weight is 642 g/mol. The zero-order valence-corrected chi connectivity index (χ0v) is 28.8. The molecule has 1 saturated heterocycles. The lowest BCUT2D eigenvalue weighted by Gasteiger charge is -2.40. The van der Waals surface area contributed by atoms with Crippen molar-refractivity contribution < 1.29 is 9.31 Å². The molecule has 1 aliphatic heterocycles. The fraction of sp³-hybridized carbons (Fsp3) is 0.375. The van der Waals surface area contributed by atoms with Crippen LogP contribution in [0.4, 0.5) is 0 Å². The SMILES string of the molecule is CC1(C)OB(CCCCC(NC(c2ccccc2)(c2ccccc2)c2ccccc2)c2nnnn2CCCc2ccccc2)OC1(C)C. The van der Waals surface area contributed by atoms with Crippen molar-refractivity contribution >= 4 is 7.12 Å². The van der Waals surface area contributed by atoms with Crippen LogP contribution in [-0.4, -0.2) is 38.5 Å². The van der Waals surface area contributed by atoms with E-state index in [1.807, 2.05) is 4.68 Å². The van der Waals surface area contributed by atoms with E-state index in [-0.39, 0.29) is 24.4 Å². The van der Waals surface area contributed by atoms with E-state index in [1.54, 1.807) is 0 Å². The molecule has 1 aliphatic rings. The van der Waals surface area contributed by atoms with Gasteiger partial charge in [0.2, 0.25) is 0 Å². The van der Waals surface area contributed by atoms with E-state index in [0.29, 0.717) is 0 Å².